The fraction of sp³-hybridized carbons (Fsp3) is 0.533. The van der Waals surface area contributed by atoms with Crippen LogP contribution in [-0.2, 0) is 10.5 Å². The molecule has 0 bridgehead atoms. The molecule has 0 atom stereocenters. The summed E-state index contributed by atoms with van der Waals surface area (Å²) in [6.07, 6.45) is 0.780. The molecule has 1 aromatic carbocycles. The molecule has 0 saturated heterocycles. The molecule has 0 N–H and O–H groups in total. The molecule has 1 rings (SSSR count). The molecule has 118 valence electrons. The Hall–Kier alpha value is -0.983. The molecular formula is C15H24O4SSi. The summed E-state index contributed by atoms with van der Waals surface area (Å²) in [6, 6.07) is 4.66. The Morgan fingerprint density at radius 1 is 1.24 bits per heavy atom. The summed E-state index contributed by atoms with van der Waals surface area (Å²) in [5, 5.41) is 0. The van der Waals surface area contributed by atoms with Gasteiger partial charge < -0.3 is 14.2 Å². The van der Waals surface area contributed by atoms with Crippen LogP contribution in [0.25, 0.3) is 0 Å². The van der Waals surface area contributed by atoms with Crippen molar-refractivity contribution in [1.82, 2.24) is 0 Å². The summed E-state index contributed by atoms with van der Waals surface area (Å²) in [5.41, 5.74) is 1.30. The average molecular weight is 329 g/mol. The number of thiol groups is 1. The van der Waals surface area contributed by atoms with Gasteiger partial charge in [0.05, 0.1) is 12.2 Å². The molecule has 1 aromatic rings. The molecule has 0 fully saturated rings. The third-order valence-electron chi connectivity index (χ3n) is 2.94. The van der Waals surface area contributed by atoms with Crippen molar-refractivity contribution < 1.29 is 19.0 Å². The van der Waals surface area contributed by atoms with Crippen molar-refractivity contribution in [2.24, 2.45) is 0 Å². The first-order chi connectivity index (χ1) is 9.91. The predicted molar refractivity (Wildman–Crippen MR) is 90.7 cm³/mol. The molecule has 21 heavy (non-hydrogen) atoms. The number of carbonyl (C=O) groups is 1. The molecule has 0 spiro atoms. The smallest absolute Gasteiger partial charge is 0.188 e. The van der Waals surface area contributed by atoms with Crippen LogP contribution in [0.15, 0.2) is 12.1 Å². The summed E-state index contributed by atoms with van der Waals surface area (Å²) in [4.78, 5) is 11.2. The molecule has 0 aromatic heterocycles. The summed E-state index contributed by atoms with van der Waals surface area (Å²) < 4.78 is 16.1. The van der Waals surface area contributed by atoms with Crippen LogP contribution in [0.5, 0.6) is 11.5 Å². The number of hydrogen-bond acceptors (Lipinski definition) is 5. The SMILES string of the molecule is COCOc1cc(OCC[Si](C)(C)C)cc(CS)c1C=O. The van der Waals surface area contributed by atoms with Crippen LogP contribution in [0.1, 0.15) is 15.9 Å². The van der Waals surface area contributed by atoms with Gasteiger partial charge in [-0.2, -0.15) is 12.6 Å². The zero-order valence-corrected chi connectivity index (χ0v) is 15.0. The van der Waals surface area contributed by atoms with Crippen molar-refractivity contribution in [3.8, 4) is 11.5 Å². The normalized spacial score (nSPS) is 11.3. The summed E-state index contributed by atoms with van der Waals surface area (Å²) in [6.45, 7) is 7.67. The van der Waals surface area contributed by atoms with Gasteiger partial charge in [0.2, 0.25) is 0 Å². The van der Waals surface area contributed by atoms with Gasteiger partial charge >= 0.3 is 0 Å². The van der Waals surface area contributed by atoms with Gasteiger partial charge in [-0.25, -0.2) is 0 Å². The minimum absolute atomic E-state index is 0.0885. The first-order valence-corrected chi connectivity index (χ1v) is 11.2. The summed E-state index contributed by atoms with van der Waals surface area (Å²) >= 11 is 4.26. The van der Waals surface area contributed by atoms with E-state index in [1.54, 1.807) is 6.07 Å². The Morgan fingerprint density at radius 3 is 2.48 bits per heavy atom. The van der Waals surface area contributed by atoms with Crippen LogP contribution < -0.4 is 9.47 Å². The number of hydrogen-bond donors (Lipinski definition) is 1. The van der Waals surface area contributed by atoms with Gasteiger partial charge in [-0.1, -0.05) is 19.6 Å². The molecule has 0 amide bonds. The quantitative estimate of drug-likeness (QED) is 0.325. The number of carbonyl (C=O) groups excluding carboxylic acids is 1. The molecular weight excluding hydrogens is 304 g/mol. The van der Waals surface area contributed by atoms with E-state index < -0.39 is 8.07 Å². The lowest BCUT2D eigenvalue weighted by Gasteiger charge is -2.17. The second-order valence-corrected chi connectivity index (χ2v) is 11.9. The molecule has 0 aliphatic carbocycles. The standard InChI is InChI=1S/C15H24O4SSi/c1-17-11-19-15-8-13(18-5-6-21(2,3)4)7-12(10-20)14(15)9-16/h7-9,20H,5-6,10-11H2,1-4H3. The maximum absolute atomic E-state index is 11.2. The van der Waals surface area contributed by atoms with E-state index in [0.29, 0.717) is 29.4 Å². The lowest BCUT2D eigenvalue weighted by Crippen LogP contribution is -2.22. The van der Waals surface area contributed by atoms with E-state index in [4.69, 9.17) is 14.2 Å². The van der Waals surface area contributed by atoms with Crippen LogP contribution in [0.4, 0.5) is 0 Å². The van der Waals surface area contributed by atoms with Crippen molar-refractivity contribution >= 4 is 27.0 Å². The lowest BCUT2D eigenvalue weighted by atomic mass is 10.1. The van der Waals surface area contributed by atoms with Gasteiger partial charge in [-0.15, -0.1) is 0 Å². The Kier molecular flexibility index (Phi) is 7.28. The predicted octanol–water partition coefficient (Wildman–Crippen LogP) is 3.63. The van der Waals surface area contributed by atoms with E-state index in [-0.39, 0.29) is 6.79 Å². The fourth-order valence-corrected chi connectivity index (χ4v) is 2.70. The highest BCUT2D eigenvalue weighted by Gasteiger charge is 2.15. The zero-order valence-electron chi connectivity index (χ0n) is 13.1. The summed E-state index contributed by atoms with van der Waals surface area (Å²) in [5.74, 6) is 1.62. The first-order valence-electron chi connectivity index (χ1n) is 6.88. The van der Waals surface area contributed by atoms with Crippen molar-refractivity contribution in [3.05, 3.63) is 23.3 Å². The van der Waals surface area contributed by atoms with E-state index >= 15 is 0 Å². The van der Waals surface area contributed by atoms with Gasteiger partial charge in [0.15, 0.2) is 13.1 Å². The molecule has 0 aliphatic heterocycles. The Morgan fingerprint density at radius 2 is 1.95 bits per heavy atom. The van der Waals surface area contributed by atoms with E-state index in [1.807, 2.05) is 6.07 Å². The fourth-order valence-electron chi connectivity index (χ4n) is 1.72. The molecule has 4 nitrogen and oxygen atoms in total. The third-order valence-corrected chi connectivity index (χ3v) is 4.99. The van der Waals surface area contributed by atoms with Crippen molar-refractivity contribution in [1.29, 1.82) is 0 Å². The van der Waals surface area contributed by atoms with E-state index in [0.717, 1.165) is 17.9 Å². The van der Waals surface area contributed by atoms with Crippen molar-refractivity contribution in [2.75, 3.05) is 20.5 Å². The van der Waals surface area contributed by atoms with Crippen molar-refractivity contribution in [3.63, 3.8) is 0 Å². The van der Waals surface area contributed by atoms with Gasteiger partial charge in [-0.3, -0.25) is 4.79 Å². The monoisotopic (exact) mass is 328 g/mol. The number of benzene rings is 1. The Bertz CT molecular complexity index is 471. The topological polar surface area (TPSA) is 44.8 Å². The highest BCUT2D eigenvalue weighted by atomic mass is 32.1. The lowest BCUT2D eigenvalue weighted by molar-refractivity contribution is 0.0503. The number of methoxy groups -OCH3 is 1. The maximum atomic E-state index is 11.2. The maximum Gasteiger partial charge on any atom is 0.188 e. The average Bonchev–Trinajstić information content (AvgIpc) is 2.42. The van der Waals surface area contributed by atoms with Crippen LogP contribution in [0, 0.1) is 0 Å². The third kappa shape index (κ3) is 6.11. The highest BCUT2D eigenvalue weighted by molar-refractivity contribution is 7.79. The molecule has 0 aliphatic rings. The van der Waals surface area contributed by atoms with Gasteiger partial charge in [0.1, 0.15) is 11.5 Å². The van der Waals surface area contributed by atoms with E-state index in [9.17, 15) is 4.79 Å². The minimum atomic E-state index is -1.13. The number of aldehydes is 1. The van der Waals surface area contributed by atoms with Crippen molar-refractivity contribution in [2.45, 2.75) is 31.4 Å². The Balaban J connectivity index is 2.91. The van der Waals surface area contributed by atoms with Gasteiger partial charge in [-0.05, 0) is 17.7 Å². The minimum Gasteiger partial charge on any atom is -0.494 e. The molecule has 0 radical (unpaired) electrons. The highest BCUT2D eigenvalue weighted by Crippen LogP contribution is 2.29. The van der Waals surface area contributed by atoms with Crippen LogP contribution in [0.3, 0.4) is 0 Å². The molecule has 0 heterocycles. The first kappa shape index (κ1) is 18.1. The largest absolute Gasteiger partial charge is 0.494 e. The number of ether oxygens (including phenoxy) is 3. The number of rotatable bonds is 9. The second-order valence-electron chi connectivity index (χ2n) is 5.98. The van der Waals surface area contributed by atoms with Gasteiger partial charge in [0, 0.05) is 27.0 Å². The van der Waals surface area contributed by atoms with E-state index in [2.05, 4.69) is 32.3 Å². The second kappa shape index (κ2) is 8.46. The zero-order chi connectivity index (χ0) is 15.9. The summed E-state index contributed by atoms with van der Waals surface area (Å²) in [7, 11) is 0.403. The molecule has 6 heteroatoms. The molecule has 0 unspecified atom stereocenters. The van der Waals surface area contributed by atoms with Crippen LogP contribution in [-0.4, -0.2) is 34.9 Å². The van der Waals surface area contributed by atoms with E-state index in [1.165, 1.54) is 7.11 Å². The van der Waals surface area contributed by atoms with Crippen LogP contribution in [0.2, 0.25) is 25.7 Å². The Labute approximate surface area is 133 Å². The van der Waals surface area contributed by atoms with Crippen LogP contribution >= 0.6 is 12.6 Å². The molecule has 0 saturated carbocycles. The van der Waals surface area contributed by atoms with Gasteiger partial charge in [0.25, 0.3) is 0 Å².